The van der Waals surface area contributed by atoms with Crippen LogP contribution in [0.3, 0.4) is 0 Å². The number of aliphatic hydroxyl groups is 1. The summed E-state index contributed by atoms with van der Waals surface area (Å²) in [4.78, 5) is 2.41. The van der Waals surface area contributed by atoms with Crippen molar-refractivity contribution >= 4 is 23.2 Å². The summed E-state index contributed by atoms with van der Waals surface area (Å²) >= 11 is 11.9. The number of piperidine rings is 1. The van der Waals surface area contributed by atoms with Crippen LogP contribution in [0.25, 0.3) is 0 Å². The number of aliphatic hydroxyl groups excluding tert-OH is 1. The van der Waals surface area contributed by atoms with E-state index in [-0.39, 0.29) is 12.1 Å². The zero-order chi connectivity index (χ0) is 15.5. The molecule has 1 atom stereocenters. The summed E-state index contributed by atoms with van der Waals surface area (Å²) in [6.07, 6.45) is 7.13. The van der Waals surface area contributed by atoms with Crippen LogP contribution in [0.4, 0.5) is 0 Å². The Labute approximate surface area is 142 Å². The first kappa shape index (κ1) is 16.4. The van der Waals surface area contributed by atoms with Gasteiger partial charge in [0.15, 0.2) is 0 Å². The predicted molar refractivity (Wildman–Crippen MR) is 89.1 cm³/mol. The molecule has 5 heteroatoms. The van der Waals surface area contributed by atoms with Crippen molar-refractivity contribution < 1.29 is 9.84 Å². The first-order chi connectivity index (χ1) is 10.6. The van der Waals surface area contributed by atoms with Crippen LogP contribution in [0.5, 0.6) is 5.75 Å². The summed E-state index contributed by atoms with van der Waals surface area (Å²) in [7, 11) is 0. The molecule has 0 bridgehead atoms. The van der Waals surface area contributed by atoms with Crippen LogP contribution in [-0.2, 0) is 0 Å². The molecule has 1 aromatic rings. The molecule has 1 aromatic carbocycles. The third kappa shape index (κ3) is 3.88. The smallest absolute Gasteiger partial charge is 0.121 e. The molecule has 3 rings (SSSR count). The van der Waals surface area contributed by atoms with Crippen molar-refractivity contribution in [3.63, 3.8) is 0 Å². The molecule has 1 aliphatic carbocycles. The summed E-state index contributed by atoms with van der Waals surface area (Å²) in [5.41, 5.74) is 0. The molecule has 0 spiro atoms. The van der Waals surface area contributed by atoms with Gasteiger partial charge >= 0.3 is 0 Å². The molecule has 22 heavy (non-hydrogen) atoms. The maximum absolute atomic E-state index is 10.1. The molecular formula is C17H22Cl2NO2. The lowest BCUT2D eigenvalue weighted by atomic mass is 9.90. The topological polar surface area (TPSA) is 32.7 Å². The monoisotopic (exact) mass is 342 g/mol. The van der Waals surface area contributed by atoms with E-state index in [1.54, 1.807) is 12.1 Å². The van der Waals surface area contributed by atoms with Crippen LogP contribution in [0.15, 0.2) is 18.2 Å². The lowest BCUT2D eigenvalue weighted by molar-refractivity contribution is 0.0399. The Hall–Kier alpha value is -0.480. The molecule has 2 fully saturated rings. The Morgan fingerprint density at radius 3 is 2.50 bits per heavy atom. The zero-order valence-electron chi connectivity index (χ0n) is 12.6. The highest BCUT2D eigenvalue weighted by Crippen LogP contribution is 2.31. The largest absolute Gasteiger partial charge is 0.490 e. The van der Waals surface area contributed by atoms with E-state index in [2.05, 4.69) is 4.90 Å². The number of hydrogen-bond acceptors (Lipinski definition) is 3. The van der Waals surface area contributed by atoms with Crippen LogP contribution in [0, 0.1) is 6.10 Å². The molecule has 1 N–H and O–H groups in total. The average molecular weight is 343 g/mol. The molecule has 0 amide bonds. The van der Waals surface area contributed by atoms with Gasteiger partial charge in [-0.2, -0.15) is 0 Å². The lowest BCUT2D eigenvalue weighted by Gasteiger charge is -2.41. The Balaban J connectivity index is 1.52. The Bertz CT molecular complexity index is 503. The highest BCUT2D eigenvalue weighted by Gasteiger charge is 2.32. The third-order valence-corrected chi connectivity index (χ3v) is 5.40. The van der Waals surface area contributed by atoms with Crippen LogP contribution in [0.1, 0.15) is 38.5 Å². The van der Waals surface area contributed by atoms with Gasteiger partial charge in [-0.15, -0.1) is 0 Å². The molecule has 0 aromatic heterocycles. The lowest BCUT2D eigenvalue weighted by Crippen LogP contribution is -2.47. The van der Waals surface area contributed by atoms with Gasteiger partial charge < -0.3 is 9.84 Å². The Morgan fingerprint density at radius 2 is 1.82 bits per heavy atom. The van der Waals surface area contributed by atoms with Crippen molar-refractivity contribution in [1.29, 1.82) is 0 Å². The van der Waals surface area contributed by atoms with E-state index in [9.17, 15) is 5.11 Å². The molecule has 3 nitrogen and oxygen atoms in total. The van der Waals surface area contributed by atoms with E-state index in [1.807, 2.05) is 6.07 Å². The maximum Gasteiger partial charge on any atom is 0.121 e. The minimum atomic E-state index is 0.208. The first-order valence-electron chi connectivity index (χ1n) is 8.04. The van der Waals surface area contributed by atoms with Crippen LogP contribution in [0.2, 0.25) is 10.0 Å². The molecule has 1 saturated heterocycles. The fourth-order valence-corrected chi connectivity index (χ4v) is 3.71. The summed E-state index contributed by atoms with van der Waals surface area (Å²) < 4.78 is 6.01. The van der Waals surface area contributed by atoms with E-state index >= 15 is 0 Å². The van der Waals surface area contributed by atoms with Crippen molar-refractivity contribution in [3.05, 3.63) is 34.3 Å². The summed E-state index contributed by atoms with van der Waals surface area (Å²) in [5.74, 6) is 0.778. The third-order valence-electron chi connectivity index (χ3n) is 4.66. The minimum Gasteiger partial charge on any atom is -0.490 e. The second-order valence-corrected chi connectivity index (χ2v) is 7.00. The van der Waals surface area contributed by atoms with E-state index in [1.165, 1.54) is 6.42 Å². The van der Waals surface area contributed by atoms with E-state index in [0.29, 0.717) is 16.1 Å². The van der Waals surface area contributed by atoms with Gasteiger partial charge in [0, 0.05) is 25.2 Å². The van der Waals surface area contributed by atoms with Gasteiger partial charge in [-0.1, -0.05) is 36.0 Å². The van der Waals surface area contributed by atoms with Crippen LogP contribution < -0.4 is 4.74 Å². The number of benzene rings is 1. The standard InChI is InChI=1S/C17H22Cl2NO2/c18-14-6-5-13(11-15(14)19)22-12-7-9-20(10-8-12)16-3-1-2-4-17(16)21/h5-6,11-12,16,21H,1-4,7-10H2. The average Bonchev–Trinajstić information content (AvgIpc) is 2.52. The van der Waals surface area contributed by atoms with Crippen molar-refractivity contribution in [2.45, 2.75) is 50.7 Å². The van der Waals surface area contributed by atoms with Gasteiger partial charge in [0.1, 0.15) is 18.0 Å². The fourth-order valence-electron chi connectivity index (χ4n) is 3.42. The highest BCUT2D eigenvalue weighted by atomic mass is 35.5. The van der Waals surface area contributed by atoms with Gasteiger partial charge in [0.2, 0.25) is 0 Å². The molecule has 1 heterocycles. The van der Waals surface area contributed by atoms with Gasteiger partial charge in [-0.05, 0) is 37.8 Å². The van der Waals surface area contributed by atoms with Gasteiger partial charge in [-0.3, -0.25) is 4.90 Å². The second kappa shape index (κ2) is 7.39. The SMILES string of the molecule is O[C]1CCCCC1N1CCC(Oc2ccc(Cl)c(Cl)c2)CC1. The second-order valence-electron chi connectivity index (χ2n) is 6.18. The van der Waals surface area contributed by atoms with E-state index < -0.39 is 0 Å². The summed E-state index contributed by atoms with van der Waals surface area (Å²) in [6.45, 7) is 1.95. The zero-order valence-corrected chi connectivity index (χ0v) is 14.1. The number of halogens is 2. The number of hydrogen-bond donors (Lipinski definition) is 1. The van der Waals surface area contributed by atoms with Gasteiger partial charge in [0.05, 0.1) is 10.0 Å². The van der Waals surface area contributed by atoms with Crippen molar-refractivity contribution in [3.8, 4) is 5.75 Å². The summed E-state index contributed by atoms with van der Waals surface area (Å²) in [5, 5.41) is 11.2. The molecule has 2 aliphatic rings. The molecule has 1 aliphatic heterocycles. The molecular weight excluding hydrogens is 321 g/mol. The summed E-state index contributed by atoms with van der Waals surface area (Å²) in [6, 6.07) is 5.67. The van der Waals surface area contributed by atoms with Crippen LogP contribution >= 0.6 is 23.2 Å². The van der Waals surface area contributed by atoms with Crippen molar-refractivity contribution in [2.75, 3.05) is 13.1 Å². The molecule has 1 radical (unpaired) electrons. The number of likely N-dealkylation sites (tertiary alicyclic amines) is 1. The first-order valence-corrected chi connectivity index (χ1v) is 8.79. The Morgan fingerprint density at radius 1 is 1.05 bits per heavy atom. The number of rotatable bonds is 3. The maximum atomic E-state index is 10.1. The van der Waals surface area contributed by atoms with Gasteiger partial charge in [-0.25, -0.2) is 0 Å². The van der Waals surface area contributed by atoms with E-state index in [4.69, 9.17) is 27.9 Å². The van der Waals surface area contributed by atoms with E-state index in [0.717, 1.165) is 50.9 Å². The fraction of sp³-hybridized carbons (Fsp3) is 0.588. The van der Waals surface area contributed by atoms with Crippen molar-refractivity contribution in [2.24, 2.45) is 0 Å². The van der Waals surface area contributed by atoms with Crippen LogP contribution in [-0.4, -0.2) is 35.2 Å². The normalized spacial score (nSPS) is 25.3. The number of nitrogens with zero attached hydrogens (tertiary/aromatic N) is 1. The van der Waals surface area contributed by atoms with Gasteiger partial charge in [0.25, 0.3) is 0 Å². The van der Waals surface area contributed by atoms with Crippen molar-refractivity contribution in [1.82, 2.24) is 4.90 Å². The minimum absolute atomic E-state index is 0.208. The quantitative estimate of drug-likeness (QED) is 0.865. The highest BCUT2D eigenvalue weighted by molar-refractivity contribution is 6.42. The molecule has 1 unspecified atom stereocenters. The Kier molecular flexibility index (Phi) is 5.50. The number of ether oxygens (including phenoxy) is 1. The molecule has 121 valence electrons. The predicted octanol–water partition coefficient (Wildman–Crippen LogP) is 4.68. The molecule has 1 saturated carbocycles.